The van der Waals surface area contributed by atoms with Gasteiger partial charge in [-0.15, -0.1) is 13.2 Å². The average Bonchev–Trinajstić information content (AvgIpc) is 2.54. The van der Waals surface area contributed by atoms with Crippen molar-refractivity contribution in [2.75, 3.05) is 0 Å². The molecule has 0 saturated carbocycles. The van der Waals surface area contributed by atoms with Gasteiger partial charge in [0.15, 0.2) is 0 Å². The van der Waals surface area contributed by atoms with Crippen LogP contribution in [-0.4, -0.2) is 6.36 Å². The summed E-state index contributed by atoms with van der Waals surface area (Å²) in [6.07, 6.45) is 0.482. The molecule has 0 aliphatic heterocycles. The van der Waals surface area contributed by atoms with Crippen LogP contribution in [0.3, 0.4) is 0 Å². The van der Waals surface area contributed by atoms with Crippen LogP contribution in [0.1, 0.15) is 37.3 Å². The lowest BCUT2D eigenvalue weighted by molar-refractivity contribution is -0.274. The molecule has 1 aliphatic rings. The van der Waals surface area contributed by atoms with Crippen LogP contribution >= 0.6 is 0 Å². The van der Waals surface area contributed by atoms with Gasteiger partial charge in [-0.3, -0.25) is 0 Å². The monoisotopic (exact) mass is 352 g/mol. The number of fused-ring (bicyclic) bond motifs is 1. The molecule has 0 radical (unpaired) electrons. The molecule has 0 spiro atoms. The summed E-state index contributed by atoms with van der Waals surface area (Å²) < 4.78 is 55.1. The Hall–Kier alpha value is -2.04. The molecule has 0 fully saturated rings. The smallest absolute Gasteiger partial charge is 0.406 e. The number of rotatable bonds is 4. The lowest BCUT2D eigenvalue weighted by atomic mass is 9.80. The van der Waals surface area contributed by atoms with Crippen molar-refractivity contribution in [3.63, 3.8) is 0 Å². The fourth-order valence-electron chi connectivity index (χ4n) is 3.57. The Kier molecular flexibility index (Phi) is 5.02. The molecular weight excluding hydrogens is 332 g/mol. The number of halogens is 4. The summed E-state index contributed by atoms with van der Waals surface area (Å²) in [5, 5.41) is 0. The van der Waals surface area contributed by atoms with Crippen LogP contribution in [0, 0.1) is 11.7 Å². The van der Waals surface area contributed by atoms with Crippen molar-refractivity contribution < 1.29 is 22.3 Å². The first kappa shape index (κ1) is 17.8. The third-order valence-electron chi connectivity index (χ3n) is 4.72. The predicted molar refractivity (Wildman–Crippen MR) is 88.9 cm³/mol. The molecule has 3 rings (SSSR count). The third-order valence-corrected chi connectivity index (χ3v) is 4.72. The summed E-state index contributed by atoms with van der Waals surface area (Å²) >= 11 is 0. The van der Waals surface area contributed by atoms with E-state index >= 15 is 0 Å². The zero-order chi connectivity index (χ0) is 18.0. The van der Waals surface area contributed by atoms with Gasteiger partial charge in [-0.1, -0.05) is 31.9 Å². The summed E-state index contributed by atoms with van der Waals surface area (Å²) in [5.41, 5.74) is 3.17. The number of hydrogen-bond donors (Lipinski definition) is 0. The van der Waals surface area contributed by atoms with Crippen LogP contribution in [-0.2, 0) is 12.8 Å². The molecular formula is C20H20F4O. The largest absolute Gasteiger partial charge is 0.573 e. The van der Waals surface area contributed by atoms with E-state index in [2.05, 4.69) is 11.7 Å². The van der Waals surface area contributed by atoms with E-state index in [1.165, 1.54) is 24.3 Å². The van der Waals surface area contributed by atoms with E-state index in [1.807, 2.05) is 6.07 Å². The van der Waals surface area contributed by atoms with Crippen LogP contribution in [0.25, 0.3) is 11.1 Å². The van der Waals surface area contributed by atoms with Gasteiger partial charge in [0, 0.05) is 5.56 Å². The van der Waals surface area contributed by atoms with Gasteiger partial charge >= 0.3 is 6.36 Å². The zero-order valence-corrected chi connectivity index (χ0v) is 14.0. The fraction of sp³-hybridized carbons (Fsp3) is 0.400. The van der Waals surface area contributed by atoms with Gasteiger partial charge in [0.25, 0.3) is 0 Å². The second-order valence-electron chi connectivity index (χ2n) is 6.57. The van der Waals surface area contributed by atoms with Gasteiger partial charge in [-0.2, -0.15) is 0 Å². The molecule has 0 N–H and O–H groups in total. The minimum Gasteiger partial charge on any atom is -0.406 e. The third kappa shape index (κ3) is 4.33. The van der Waals surface area contributed by atoms with Crippen LogP contribution in [0.15, 0.2) is 36.4 Å². The highest BCUT2D eigenvalue weighted by Gasteiger charge is 2.31. The number of ether oxygens (including phenoxy) is 1. The Balaban J connectivity index is 1.84. The molecule has 0 saturated heterocycles. The van der Waals surface area contributed by atoms with Crippen molar-refractivity contribution in [3.8, 4) is 16.9 Å². The van der Waals surface area contributed by atoms with Gasteiger partial charge in [0.2, 0.25) is 0 Å². The minimum atomic E-state index is -4.73. The number of aryl methyl sites for hydroxylation is 1. The van der Waals surface area contributed by atoms with Crippen LogP contribution in [0.5, 0.6) is 5.75 Å². The first-order valence-electron chi connectivity index (χ1n) is 8.53. The molecule has 25 heavy (non-hydrogen) atoms. The normalized spacial score (nSPS) is 17.2. The number of hydrogen-bond acceptors (Lipinski definition) is 1. The lowest BCUT2D eigenvalue weighted by Crippen LogP contribution is -2.17. The Morgan fingerprint density at radius 2 is 1.80 bits per heavy atom. The maximum absolute atomic E-state index is 14.5. The van der Waals surface area contributed by atoms with Gasteiger partial charge in [-0.25, -0.2) is 4.39 Å². The van der Waals surface area contributed by atoms with E-state index in [0.717, 1.165) is 43.2 Å². The van der Waals surface area contributed by atoms with Crippen molar-refractivity contribution in [2.24, 2.45) is 5.92 Å². The minimum absolute atomic E-state index is 0.308. The van der Waals surface area contributed by atoms with Crippen molar-refractivity contribution in [1.82, 2.24) is 0 Å². The molecule has 1 nitrogen and oxygen atoms in total. The van der Waals surface area contributed by atoms with Crippen LogP contribution in [0.2, 0.25) is 0 Å². The highest BCUT2D eigenvalue weighted by atomic mass is 19.4. The Labute approximate surface area is 144 Å². The summed E-state index contributed by atoms with van der Waals surface area (Å²) in [6.45, 7) is 2.16. The molecule has 1 aliphatic carbocycles. The van der Waals surface area contributed by atoms with Crippen molar-refractivity contribution in [1.29, 1.82) is 0 Å². The predicted octanol–water partition coefficient (Wildman–Crippen LogP) is 6.30. The number of benzene rings is 2. The van der Waals surface area contributed by atoms with E-state index < -0.39 is 6.36 Å². The molecule has 2 aromatic rings. The second-order valence-corrected chi connectivity index (χ2v) is 6.57. The quantitative estimate of drug-likeness (QED) is 0.587. The van der Waals surface area contributed by atoms with Crippen molar-refractivity contribution in [3.05, 3.63) is 53.3 Å². The Bertz CT molecular complexity index is 735. The summed E-state index contributed by atoms with van der Waals surface area (Å²) in [5.74, 6) is -0.0287. The Morgan fingerprint density at radius 1 is 1.08 bits per heavy atom. The van der Waals surface area contributed by atoms with Gasteiger partial charge in [0.1, 0.15) is 11.6 Å². The van der Waals surface area contributed by atoms with Crippen molar-refractivity contribution >= 4 is 0 Å². The fourth-order valence-corrected chi connectivity index (χ4v) is 3.57. The second kappa shape index (κ2) is 7.06. The topological polar surface area (TPSA) is 9.23 Å². The first-order valence-corrected chi connectivity index (χ1v) is 8.53. The molecule has 0 bridgehead atoms. The summed E-state index contributed by atoms with van der Waals surface area (Å²) in [7, 11) is 0. The first-order chi connectivity index (χ1) is 11.9. The van der Waals surface area contributed by atoms with Gasteiger partial charge in [0.05, 0.1) is 0 Å². The van der Waals surface area contributed by atoms with Crippen molar-refractivity contribution in [2.45, 2.75) is 45.4 Å². The Morgan fingerprint density at radius 3 is 2.44 bits per heavy atom. The molecule has 134 valence electrons. The molecule has 5 heteroatoms. The van der Waals surface area contributed by atoms with Crippen LogP contribution < -0.4 is 4.74 Å². The number of alkyl halides is 3. The molecule has 2 aromatic carbocycles. The lowest BCUT2D eigenvalue weighted by Gasteiger charge is -2.25. The van der Waals surface area contributed by atoms with E-state index in [9.17, 15) is 17.6 Å². The van der Waals surface area contributed by atoms with E-state index in [-0.39, 0.29) is 11.6 Å². The maximum Gasteiger partial charge on any atom is 0.573 e. The maximum atomic E-state index is 14.5. The molecule has 1 atom stereocenters. The standard InChI is InChI=1S/C20H20F4O/c1-2-3-13-4-5-15-11-18(19(21)12-16(15)10-13)14-6-8-17(9-7-14)25-20(22,23)24/h6-9,11-13H,2-5,10H2,1H3. The molecule has 0 heterocycles. The highest BCUT2D eigenvalue weighted by molar-refractivity contribution is 5.66. The van der Waals surface area contributed by atoms with E-state index in [1.54, 1.807) is 6.07 Å². The van der Waals surface area contributed by atoms with Gasteiger partial charge in [-0.05, 0) is 66.1 Å². The SMILES string of the molecule is CCCC1CCc2cc(-c3ccc(OC(F)(F)F)cc3)c(F)cc2C1. The van der Waals surface area contributed by atoms with E-state index in [0.29, 0.717) is 17.0 Å². The summed E-state index contributed by atoms with van der Waals surface area (Å²) in [4.78, 5) is 0. The molecule has 0 aromatic heterocycles. The van der Waals surface area contributed by atoms with Gasteiger partial charge < -0.3 is 4.74 Å². The molecule has 0 amide bonds. The average molecular weight is 352 g/mol. The van der Waals surface area contributed by atoms with Crippen LogP contribution in [0.4, 0.5) is 17.6 Å². The highest BCUT2D eigenvalue weighted by Crippen LogP contribution is 2.34. The van der Waals surface area contributed by atoms with E-state index in [4.69, 9.17) is 0 Å². The zero-order valence-electron chi connectivity index (χ0n) is 14.0. The summed E-state index contributed by atoms with van der Waals surface area (Å²) in [6, 6.07) is 8.75. The molecule has 1 unspecified atom stereocenters.